The Morgan fingerprint density at radius 2 is 1.87 bits per heavy atom. The van der Waals surface area contributed by atoms with Crippen molar-refractivity contribution in [2.24, 2.45) is 0 Å². The third-order valence-electron chi connectivity index (χ3n) is 4.42. The van der Waals surface area contributed by atoms with Crippen LogP contribution in [0.5, 0.6) is 0 Å². The predicted octanol–water partition coefficient (Wildman–Crippen LogP) is 1.27. The Morgan fingerprint density at radius 3 is 2.65 bits per heavy atom. The zero-order valence-electron chi connectivity index (χ0n) is 13.3. The lowest BCUT2D eigenvalue weighted by Crippen LogP contribution is -2.37. The number of fused-ring (bicyclic) bond motifs is 1. The summed E-state index contributed by atoms with van der Waals surface area (Å²) in [7, 11) is 0. The topological polar surface area (TPSA) is 69.7 Å². The molecule has 3 amide bonds. The summed E-state index contributed by atoms with van der Waals surface area (Å²) >= 11 is 0. The molecular weight excluding hydrogens is 294 g/mol. The van der Waals surface area contributed by atoms with E-state index in [1.807, 2.05) is 11.8 Å². The average Bonchev–Trinajstić information content (AvgIpc) is 2.77. The first kappa shape index (κ1) is 15.5. The van der Waals surface area contributed by atoms with Crippen molar-refractivity contribution < 1.29 is 14.4 Å². The molecule has 1 N–H and O–H groups in total. The van der Waals surface area contributed by atoms with Crippen LogP contribution in [0.3, 0.4) is 0 Å². The molecule has 1 saturated heterocycles. The van der Waals surface area contributed by atoms with Crippen LogP contribution in [0.1, 0.15) is 35.7 Å². The minimum absolute atomic E-state index is 0.0297. The molecule has 3 rings (SSSR count). The summed E-state index contributed by atoms with van der Waals surface area (Å²) in [6.45, 7) is 4.36. The van der Waals surface area contributed by atoms with Crippen molar-refractivity contribution >= 4 is 23.4 Å². The lowest BCUT2D eigenvalue weighted by molar-refractivity contribution is -0.130. The van der Waals surface area contributed by atoms with Crippen molar-refractivity contribution in [2.75, 3.05) is 31.5 Å². The molecule has 1 aromatic rings. The van der Waals surface area contributed by atoms with E-state index in [9.17, 15) is 14.4 Å². The minimum atomic E-state index is -0.0342. The molecule has 0 aliphatic carbocycles. The number of carbonyl (C=O) groups is 3. The molecule has 0 saturated carbocycles. The second-order valence-corrected chi connectivity index (χ2v) is 5.98. The van der Waals surface area contributed by atoms with Crippen LogP contribution in [-0.4, -0.2) is 53.7 Å². The van der Waals surface area contributed by atoms with Crippen molar-refractivity contribution in [3.05, 3.63) is 29.3 Å². The van der Waals surface area contributed by atoms with Crippen LogP contribution < -0.4 is 5.32 Å². The first-order valence-corrected chi connectivity index (χ1v) is 8.08. The number of hydrogen-bond donors (Lipinski definition) is 1. The van der Waals surface area contributed by atoms with Gasteiger partial charge in [-0.15, -0.1) is 0 Å². The Balaban J connectivity index is 1.70. The molecule has 0 unspecified atom stereocenters. The first-order chi connectivity index (χ1) is 11.1. The fourth-order valence-corrected chi connectivity index (χ4v) is 3.14. The number of nitrogens with one attached hydrogen (secondary N) is 1. The lowest BCUT2D eigenvalue weighted by Gasteiger charge is -2.22. The maximum atomic E-state index is 12.7. The van der Waals surface area contributed by atoms with Crippen molar-refractivity contribution in [1.82, 2.24) is 9.80 Å². The molecule has 2 aliphatic heterocycles. The molecular formula is C17H21N3O3. The second-order valence-electron chi connectivity index (χ2n) is 5.98. The fourth-order valence-electron chi connectivity index (χ4n) is 3.14. The van der Waals surface area contributed by atoms with Gasteiger partial charge < -0.3 is 15.1 Å². The molecule has 2 aliphatic rings. The van der Waals surface area contributed by atoms with Gasteiger partial charge in [-0.3, -0.25) is 14.4 Å². The summed E-state index contributed by atoms with van der Waals surface area (Å²) in [5, 5.41) is 2.77. The van der Waals surface area contributed by atoms with Gasteiger partial charge in [0.25, 0.3) is 5.91 Å². The maximum Gasteiger partial charge on any atom is 0.253 e. The standard InChI is InChI=1S/C17H21N3O3/c1-2-16(22)19-6-3-7-20(9-8-19)17(23)12-4-5-14-13(10-12)11-15(21)18-14/h4-5,10H,2-3,6-9,11H2,1H3,(H,18,21). The molecule has 1 fully saturated rings. The van der Waals surface area contributed by atoms with E-state index in [0.717, 1.165) is 17.7 Å². The minimum Gasteiger partial charge on any atom is -0.341 e. The Morgan fingerprint density at radius 1 is 1.13 bits per heavy atom. The zero-order valence-corrected chi connectivity index (χ0v) is 13.3. The highest BCUT2D eigenvalue weighted by molar-refractivity contribution is 6.01. The summed E-state index contributed by atoms with van der Waals surface area (Å²) in [5.41, 5.74) is 2.27. The Hall–Kier alpha value is -2.37. The van der Waals surface area contributed by atoms with Gasteiger partial charge in [0.1, 0.15) is 0 Å². The van der Waals surface area contributed by atoms with Gasteiger partial charge in [-0.2, -0.15) is 0 Å². The SMILES string of the molecule is CCC(=O)N1CCCN(C(=O)c2ccc3c(c2)CC(=O)N3)CC1. The van der Waals surface area contributed by atoms with E-state index < -0.39 is 0 Å². The van der Waals surface area contributed by atoms with Gasteiger partial charge in [0.15, 0.2) is 0 Å². The highest BCUT2D eigenvalue weighted by atomic mass is 16.2. The third kappa shape index (κ3) is 3.21. The fraction of sp³-hybridized carbons (Fsp3) is 0.471. The third-order valence-corrected chi connectivity index (χ3v) is 4.42. The van der Waals surface area contributed by atoms with E-state index in [-0.39, 0.29) is 17.7 Å². The lowest BCUT2D eigenvalue weighted by atomic mass is 10.1. The Kier molecular flexibility index (Phi) is 4.32. The van der Waals surface area contributed by atoms with Crippen molar-refractivity contribution in [3.63, 3.8) is 0 Å². The molecule has 6 heteroatoms. The zero-order chi connectivity index (χ0) is 16.4. The smallest absolute Gasteiger partial charge is 0.253 e. The number of benzene rings is 1. The summed E-state index contributed by atoms with van der Waals surface area (Å²) < 4.78 is 0. The van der Waals surface area contributed by atoms with Crippen LogP contribution in [0.4, 0.5) is 5.69 Å². The van der Waals surface area contributed by atoms with Gasteiger partial charge in [-0.1, -0.05) is 6.92 Å². The molecule has 23 heavy (non-hydrogen) atoms. The van der Waals surface area contributed by atoms with Crippen LogP contribution in [0.15, 0.2) is 18.2 Å². The normalized spacial score (nSPS) is 17.5. The van der Waals surface area contributed by atoms with Gasteiger partial charge in [0.2, 0.25) is 11.8 Å². The van der Waals surface area contributed by atoms with Crippen molar-refractivity contribution in [1.29, 1.82) is 0 Å². The summed E-state index contributed by atoms with van der Waals surface area (Å²) in [4.78, 5) is 39.6. The second kappa shape index (κ2) is 6.40. The molecule has 0 aromatic heterocycles. The quantitative estimate of drug-likeness (QED) is 0.893. The van der Waals surface area contributed by atoms with Gasteiger partial charge in [-0.25, -0.2) is 0 Å². The number of carbonyl (C=O) groups excluding carboxylic acids is 3. The van der Waals surface area contributed by atoms with Crippen LogP contribution in [-0.2, 0) is 16.0 Å². The highest BCUT2D eigenvalue weighted by Gasteiger charge is 2.24. The molecule has 1 aromatic carbocycles. The predicted molar refractivity (Wildman–Crippen MR) is 86.2 cm³/mol. The van der Waals surface area contributed by atoms with E-state index in [4.69, 9.17) is 0 Å². The number of rotatable bonds is 2. The molecule has 0 bridgehead atoms. The van der Waals surface area contributed by atoms with Gasteiger partial charge >= 0.3 is 0 Å². The van der Waals surface area contributed by atoms with Gasteiger partial charge in [0.05, 0.1) is 6.42 Å². The van der Waals surface area contributed by atoms with Crippen molar-refractivity contribution in [3.8, 4) is 0 Å². The number of nitrogens with zero attached hydrogens (tertiary/aromatic N) is 2. The monoisotopic (exact) mass is 315 g/mol. The van der Waals surface area contributed by atoms with Crippen LogP contribution in [0, 0.1) is 0 Å². The Labute approximate surface area is 135 Å². The molecule has 122 valence electrons. The van der Waals surface area contributed by atoms with Crippen LogP contribution in [0.25, 0.3) is 0 Å². The largest absolute Gasteiger partial charge is 0.341 e. The van der Waals surface area contributed by atoms with Gasteiger partial charge in [0, 0.05) is 43.9 Å². The molecule has 6 nitrogen and oxygen atoms in total. The molecule has 0 radical (unpaired) electrons. The van der Waals surface area contributed by atoms with Crippen molar-refractivity contribution in [2.45, 2.75) is 26.2 Å². The number of hydrogen-bond acceptors (Lipinski definition) is 3. The maximum absolute atomic E-state index is 12.7. The van der Waals surface area contributed by atoms with Gasteiger partial charge in [-0.05, 0) is 30.2 Å². The van der Waals surface area contributed by atoms with E-state index in [1.54, 1.807) is 23.1 Å². The number of amides is 3. The summed E-state index contributed by atoms with van der Waals surface area (Å²) in [5.74, 6) is 0.0763. The molecule has 0 atom stereocenters. The molecule has 0 spiro atoms. The first-order valence-electron chi connectivity index (χ1n) is 8.08. The van der Waals surface area contributed by atoms with E-state index in [1.165, 1.54) is 0 Å². The molecule has 2 heterocycles. The van der Waals surface area contributed by atoms with Crippen LogP contribution >= 0.6 is 0 Å². The summed E-state index contributed by atoms with van der Waals surface area (Å²) in [6.07, 6.45) is 1.62. The van der Waals surface area contributed by atoms with E-state index >= 15 is 0 Å². The van der Waals surface area contributed by atoms with Crippen LogP contribution in [0.2, 0.25) is 0 Å². The summed E-state index contributed by atoms with van der Waals surface area (Å²) in [6, 6.07) is 5.35. The highest BCUT2D eigenvalue weighted by Crippen LogP contribution is 2.24. The van der Waals surface area contributed by atoms with E-state index in [0.29, 0.717) is 44.6 Å². The average molecular weight is 315 g/mol. The number of anilines is 1. The van der Waals surface area contributed by atoms with E-state index in [2.05, 4.69) is 5.32 Å². The Bertz CT molecular complexity index is 656.